The lowest BCUT2D eigenvalue weighted by molar-refractivity contribution is -0.264. The topological polar surface area (TPSA) is 83.5 Å². The molecule has 1 atom stereocenters. The molecule has 2 aromatic rings. The van der Waals surface area contributed by atoms with Crippen LogP contribution < -0.4 is 5.32 Å². The van der Waals surface area contributed by atoms with E-state index in [1.54, 1.807) is 6.07 Å². The van der Waals surface area contributed by atoms with Crippen LogP contribution in [0, 0.1) is 0 Å². The summed E-state index contributed by atoms with van der Waals surface area (Å²) < 4.78 is 64.2. The Morgan fingerprint density at radius 1 is 0.963 bits per heavy atom. The average molecular weight is 401 g/mol. The highest BCUT2D eigenvalue weighted by Crippen LogP contribution is 2.38. The minimum absolute atomic E-state index is 0.0221. The monoisotopic (exact) mass is 401 g/mol. The van der Waals surface area contributed by atoms with Gasteiger partial charge in [0, 0.05) is 6.42 Å². The van der Waals surface area contributed by atoms with Crippen LogP contribution in [0.3, 0.4) is 0 Å². The Morgan fingerprint density at radius 2 is 1.48 bits per heavy atom. The van der Waals surface area contributed by atoms with Gasteiger partial charge < -0.3 is 10.4 Å². The minimum atomic E-state index is -5.03. The van der Waals surface area contributed by atoms with Crippen molar-refractivity contribution in [3.8, 4) is 0 Å². The number of hydrogen-bond acceptors (Lipinski definition) is 4. The molecular formula is C18H18F3NO4S. The molecular weight excluding hydrogens is 383 g/mol. The molecule has 0 saturated heterocycles. The van der Waals surface area contributed by atoms with Crippen molar-refractivity contribution in [1.82, 2.24) is 5.32 Å². The van der Waals surface area contributed by atoms with E-state index in [1.807, 2.05) is 5.32 Å². The number of halogens is 3. The van der Waals surface area contributed by atoms with Gasteiger partial charge in [0.25, 0.3) is 0 Å². The van der Waals surface area contributed by atoms with E-state index in [1.165, 1.54) is 42.5 Å². The van der Waals surface area contributed by atoms with Crippen LogP contribution in [0.2, 0.25) is 0 Å². The summed E-state index contributed by atoms with van der Waals surface area (Å²) in [5.74, 6) is -1.47. The van der Waals surface area contributed by atoms with Crippen LogP contribution in [-0.4, -0.2) is 37.9 Å². The number of amides is 1. The van der Waals surface area contributed by atoms with E-state index < -0.39 is 51.8 Å². The summed E-state index contributed by atoms with van der Waals surface area (Å²) in [5.41, 5.74) is -3.70. The average Bonchev–Trinajstić information content (AvgIpc) is 2.65. The zero-order valence-electron chi connectivity index (χ0n) is 14.1. The van der Waals surface area contributed by atoms with Gasteiger partial charge in [0.05, 0.1) is 17.2 Å². The Kier molecular flexibility index (Phi) is 6.27. The van der Waals surface area contributed by atoms with Gasteiger partial charge in [0.1, 0.15) is 0 Å². The first-order valence-corrected chi connectivity index (χ1v) is 9.61. The number of rotatable bonds is 7. The minimum Gasteiger partial charge on any atom is -0.375 e. The predicted octanol–water partition coefficient (Wildman–Crippen LogP) is 2.42. The predicted molar refractivity (Wildman–Crippen MR) is 92.5 cm³/mol. The summed E-state index contributed by atoms with van der Waals surface area (Å²) in [6.45, 7) is -1.12. The van der Waals surface area contributed by atoms with Crippen LogP contribution in [-0.2, 0) is 20.2 Å². The van der Waals surface area contributed by atoms with Gasteiger partial charge in [-0.05, 0) is 17.7 Å². The molecule has 2 N–H and O–H groups in total. The second-order valence-electron chi connectivity index (χ2n) is 5.88. The molecule has 2 rings (SSSR count). The third-order valence-electron chi connectivity index (χ3n) is 3.96. The maximum atomic E-state index is 13.3. The van der Waals surface area contributed by atoms with E-state index in [4.69, 9.17) is 0 Å². The molecule has 0 fully saturated rings. The summed E-state index contributed by atoms with van der Waals surface area (Å²) in [4.78, 5) is 11.9. The highest BCUT2D eigenvalue weighted by Gasteiger charge is 2.55. The van der Waals surface area contributed by atoms with Gasteiger partial charge in [0.15, 0.2) is 9.84 Å². The van der Waals surface area contributed by atoms with Crippen molar-refractivity contribution in [1.29, 1.82) is 0 Å². The molecule has 0 aliphatic rings. The molecule has 0 saturated carbocycles. The molecule has 0 aliphatic carbocycles. The van der Waals surface area contributed by atoms with Crippen LogP contribution in [0.4, 0.5) is 13.2 Å². The van der Waals surface area contributed by atoms with Gasteiger partial charge in [-0.15, -0.1) is 0 Å². The van der Waals surface area contributed by atoms with Crippen molar-refractivity contribution in [2.24, 2.45) is 0 Å². The molecule has 5 nitrogen and oxygen atoms in total. The molecule has 0 aliphatic heterocycles. The van der Waals surface area contributed by atoms with Crippen molar-refractivity contribution in [2.45, 2.75) is 23.1 Å². The number of alkyl halides is 3. The summed E-state index contributed by atoms with van der Waals surface area (Å²) in [5, 5.41) is 12.1. The van der Waals surface area contributed by atoms with Crippen molar-refractivity contribution in [3.63, 3.8) is 0 Å². The van der Waals surface area contributed by atoms with Crippen LogP contribution in [0.25, 0.3) is 0 Å². The first-order chi connectivity index (χ1) is 12.6. The quantitative estimate of drug-likeness (QED) is 0.747. The molecule has 0 aromatic heterocycles. The molecule has 0 heterocycles. The Morgan fingerprint density at radius 3 is 2.00 bits per heavy atom. The lowest BCUT2D eigenvalue weighted by Crippen LogP contribution is -2.51. The molecule has 1 amide bonds. The molecule has 0 bridgehead atoms. The Balaban J connectivity index is 2.03. The summed E-state index contributed by atoms with van der Waals surface area (Å²) in [6.07, 6.45) is -5.56. The summed E-state index contributed by atoms with van der Waals surface area (Å²) >= 11 is 0. The van der Waals surface area contributed by atoms with Crippen LogP contribution >= 0.6 is 0 Å². The Bertz CT molecular complexity index is 870. The fraction of sp³-hybridized carbons (Fsp3) is 0.278. The fourth-order valence-electron chi connectivity index (χ4n) is 2.37. The van der Waals surface area contributed by atoms with E-state index >= 15 is 0 Å². The molecule has 9 heteroatoms. The van der Waals surface area contributed by atoms with Gasteiger partial charge in [-0.2, -0.15) is 13.2 Å². The maximum Gasteiger partial charge on any atom is 0.423 e. The zero-order valence-corrected chi connectivity index (χ0v) is 14.9. The lowest BCUT2D eigenvalue weighted by Gasteiger charge is -2.31. The van der Waals surface area contributed by atoms with Crippen molar-refractivity contribution in [2.75, 3.05) is 12.3 Å². The highest BCUT2D eigenvalue weighted by atomic mass is 32.2. The number of benzene rings is 2. The molecule has 0 radical (unpaired) electrons. The van der Waals surface area contributed by atoms with Crippen molar-refractivity contribution >= 4 is 15.7 Å². The third-order valence-corrected chi connectivity index (χ3v) is 5.69. The van der Waals surface area contributed by atoms with E-state index in [9.17, 15) is 31.5 Å². The SMILES string of the molecule is O=C(CCS(=O)(=O)c1ccccc1)NC[C@@](O)(c1ccccc1)C(F)(F)F. The van der Waals surface area contributed by atoms with Gasteiger partial charge in [-0.3, -0.25) is 4.79 Å². The number of sulfone groups is 1. The normalized spacial score (nSPS) is 14.4. The highest BCUT2D eigenvalue weighted by molar-refractivity contribution is 7.91. The Labute approximate surface area is 154 Å². The summed E-state index contributed by atoms with van der Waals surface area (Å²) in [6, 6.07) is 13.8. The Hall–Kier alpha value is -2.39. The van der Waals surface area contributed by atoms with E-state index in [0.717, 1.165) is 12.1 Å². The summed E-state index contributed by atoms with van der Waals surface area (Å²) in [7, 11) is -3.74. The smallest absolute Gasteiger partial charge is 0.375 e. The van der Waals surface area contributed by atoms with Crippen molar-refractivity contribution < 1.29 is 31.5 Å². The standard InChI is InChI=1S/C18H18F3NO4S/c19-18(20,21)17(24,14-7-3-1-4-8-14)13-22-16(23)11-12-27(25,26)15-9-5-2-6-10-15/h1-10,24H,11-13H2,(H,22,23)/t17-/m1/s1. The zero-order chi connectivity index (χ0) is 20.1. The van der Waals surface area contributed by atoms with E-state index in [2.05, 4.69) is 0 Å². The van der Waals surface area contributed by atoms with Gasteiger partial charge in [0.2, 0.25) is 11.5 Å². The van der Waals surface area contributed by atoms with Crippen molar-refractivity contribution in [3.05, 3.63) is 66.2 Å². The van der Waals surface area contributed by atoms with E-state index in [-0.39, 0.29) is 4.90 Å². The molecule has 0 unspecified atom stereocenters. The molecule has 27 heavy (non-hydrogen) atoms. The largest absolute Gasteiger partial charge is 0.423 e. The number of aliphatic hydroxyl groups is 1. The number of hydrogen-bond donors (Lipinski definition) is 2. The lowest BCUT2D eigenvalue weighted by atomic mass is 9.93. The van der Waals surface area contributed by atoms with Crippen LogP contribution in [0.15, 0.2) is 65.6 Å². The first-order valence-electron chi connectivity index (χ1n) is 7.95. The van der Waals surface area contributed by atoms with Gasteiger partial charge >= 0.3 is 6.18 Å². The fourth-order valence-corrected chi connectivity index (χ4v) is 3.63. The molecule has 0 spiro atoms. The maximum absolute atomic E-state index is 13.3. The number of carbonyl (C=O) groups excluding carboxylic acids is 1. The van der Waals surface area contributed by atoms with Crippen LogP contribution in [0.5, 0.6) is 0 Å². The van der Waals surface area contributed by atoms with Gasteiger partial charge in [-0.1, -0.05) is 48.5 Å². The third kappa shape index (κ3) is 5.08. The van der Waals surface area contributed by atoms with Crippen LogP contribution in [0.1, 0.15) is 12.0 Å². The number of nitrogens with one attached hydrogen (secondary N) is 1. The second kappa shape index (κ2) is 8.10. The molecule has 146 valence electrons. The van der Waals surface area contributed by atoms with Gasteiger partial charge in [-0.25, -0.2) is 8.42 Å². The van der Waals surface area contributed by atoms with E-state index in [0.29, 0.717) is 0 Å². The second-order valence-corrected chi connectivity index (χ2v) is 7.99. The number of carbonyl (C=O) groups is 1. The molecule has 2 aromatic carbocycles. The first kappa shape index (κ1) is 20.9.